The lowest BCUT2D eigenvalue weighted by atomic mass is 9.96. The van der Waals surface area contributed by atoms with E-state index in [1.807, 2.05) is 55.6 Å². The van der Waals surface area contributed by atoms with Crippen LogP contribution in [0.1, 0.15) is 24.6 Å². The number of carbonyl (C=O) groups is 1. The number of hydrogen-bond donors (Lipinski definition) is 1. The number of aromatic nitrogens is 2. The van der Waals surface area contributed by atoms with Gasteiger partial charge in [0, 0.05) is 44.2 Å². The summed E-state index contributed by atoms with van der Waals surface area (Å²) in [7, 11) is 6.72. The summed E-state index contributed by atoms with van der Waals surface area (Å²) in [5.41, 5.74) is 4.01. The molecule has 0 unspecified atom stereocenters. The number of benzene rings is 2. The van der Waals surface area contributed by atoms with Crippen LogP contribution in [0.15, 0.2) is 48.5 Å². The quantitative estimate of drug-likeness (QED) is 0.461. The second-order valence-electron chi connectivity index (χ2n) is 8.25. The van der Waals surface area contributed by atoms with E-state index in [4.69, 9.17) is 14.5 Å². The third kappa shape index (κ3) is 4.52. The molecule has 2 aromatic carbocycles. The molecule has 3 aromatic rings. The molecular weight excluding hydrogens is 420 g/mol. The molecule has 174 valence electrons. The first-order valence-electron chi connectivity index (χ1n) is 11.0. The van der Waals surface area contributed by atoms with Gasteiger partial charge >= 0.3 is 6.03 Å². The van der Waals surface area contributed by atoms with Gasteiger partial charge in [0.1, 0.15) is 17.3 Å². The van der Waals surface area contributed by atoms with Crippen LogP contribution in [0.5, 0.6) is 11.5 Å². The fourth-order valence-corrected chi connectivity index (χ4v) is 4.44. The van der Waals surface area contributed by atoms with E-state index in [2.05, 4.69) is 4.57 Å². The van der Waals surface area contributed by atoms with Crippen molar-refractivity contribution in [1.82, 2.24) is 19.5 Å². The second kappa shape index (κ2) is 9.54. The van der Waals surface area contributed by atoms with Crippen molar-refractivity contribution in [2.75, 3.05) is 34.4 Å². The van der Waals surface area contributed by atoms with E-state index in [9.17, 15) is 10.0 Å². The molecule has 0 radical (unpaired) electrons. The second-order valence-corrected chi connectivity index (χ2v) is 8.25. The zero-order chi connectivity index (χ0) is 23.5. The number of hydrogen-bond acceptors (Lipinski definition) is 5. The highest BCUT2D eigenvalue weighted by atomic mass is 16.5. The van der Waals surface area contributed by atoms with Gasteiger partial charge in [0.15, 0.2) is 0 Å². The van der Waals surface area contributed by atoms with Crippen LogP contribution in [0.3, 0.4) is 0 Å². The summed E-state index contributed by atoms with van der Waals surface area (Å²) in [5.74, 6) is 2.81. The fraction of sp³-hybridized carbons (Fsp3) is 0.360. The molecule has 8 heteroatoms. The molecule has 1 aromatic heterocycles. The number of imidazole rings is 1. The summed E-state index contributed by atoms with van der Waals surface area (Å²) in [6.07, 6.45) is 1.57. The van der Waals surface area contributed by atoms with Crippen LogP contribution in [-0.4, -0.2) is 65.1 Å². The Balaban J connectivity index is 1.71. The van der Waals surface area contributed by atoms with Gasteiger partial charge in [-0.15, -0.1) is 0 Å². The van der Waals surface area contributed by atoms with Gasteiger partial charge in [-0.1, -0.05) is 0 Å². The lowest BCUT2D eigenvalue weighted by Gasteiger charge is -2.32. The van der Waals surface area contributed by atoms with Crippen molar-refractivity contribution < 1.29 is 19.5 Å². The molecule has 1 fully saturated rings. The molecule has 0 aliphatic carbocycles. The van der Waals surface area contributed by atoms with E-state index in [0.717, 1.165) is 52.7 Å². The smallest absolute Gasteiger partial charge is 0.343 e. The van der Waals surface area contributed by atoms with Gasteiger partial charge in [-0.2, -0.15) is 0 Å². The number of methoxy groups -OCH3 is 2. The van der Waals surface area contributed by atoms with Crippen LogP contribution in [0, 0.1) is 0 Å². The van der Waals surface area contributed by atoms with Crippen LogP contribution < -0.4 is 9.47 Å². The summed E-state index contributed by atoms with van der Waals surface area (Å²) >= 11 is 0. The Morgan fingerprint density at radius 1 is 0.970 bits per heavy atom. The zero-order valence-electron chi connectivity index (χ0n) is 19.5. The summed E-state index contributed by atoms with van der Waals surface area (Å²) in [6.45, 7) is 1.16. The Hall–Kier alpha value is -3.52. The predicted octanol–water partition coefficient (Wildman–Crippen LogP) is 4.39. The van der Waals surface area contributed by atoms with Crippen molar-refractivity contribution in [3.8, 4) is 34.0 Å². The van der Waals surface area contributed by atoms with Crippen LogP contribution in [0.4, 0.5) is 4.79 Å². The number of piperidine rings is 1. The van der Waals surface area contributed by atoms with Crippen molar-refractivity contribution in [1.29, 1.82) is 0 Å². The molecule has 0 spiro atoms. The van der Waals surface area contributed by atoms with E-state index in [0.29, 0.717) is 18.2 Å². The van der Waals surface area contributed by atoms with E-state index in [1.165, 1.54) is 7.05 Å². The zero-order valence-corrected chi connectivity index (χ0v) is 19.5. The maximum absolute atomic E-state index is 12.1. The molecule has 2 heterocycles. The Labute approximate surface area is 193 Å². The third-order valence-electron chi connectivity index (χ3n) is 6.26. The molecule has 4 rings (SSSR count). The summed E-state index contributed by atoms with van der Waals surface area (Å²) < 4.78 is 12.8. The van der Waals surface area contributed by atoms with Gasteiger partial charge < -0.3 is 18.9 Å². The summed E-state index contributed by atoms with van der Waals surface area (Å²) in [6, 6.07) is 15.6. The lowest BCUT2D eigenvalue weighted by Crippen LogP contribution is -2.43. The maximum Gasteiger partial charge on any atom is 0.343 e. The molecule has 1 saturated heterocycles. The van der Waals surface area contributed by atoms with Gasteiger partial charge in [-0.05, 0) is 61.4 Å². The lowest BCUT2D eigenvalue weighted by molar-refractivity contribution is -0.0357. The number of urea groups is 1. The Kier molecular flexibility index (Phi) is 6.55. The van der Waals surface area contributed by atoms with E-state index in [1.54, 1.807) is 19.1 Å². The van der Waals surface area contributed by atoms with Crippen LogP contribution in [0.25, 0.3) is 22.5 Å². The molecule has 33 heavy (non-hydrogen) atoms. The van der Waals surface area contributed by atoms with Crippen molar-refractivity contribution in [2.45, 2.75) is 18.8 Å². The first-order chi connectivity index (χ1) is 15.9. The molecule has 1 N–H and O–H groups in total. The highest BCUT2D eigenvalue weighted by molar-refractivity contribution is 5.79. The van der Waals surface area contributed by atoms with Gasteiger partial charge in [0.25, 0.3) is 0 Å². The SMILES string of the molecule is COc1ccc(-c2nc(C3CCN(C(=O)N(C)O)CC3)n(C)c2-c2ccc(OC)cc2)cc1. The highest BCUT2D eigenvalue weighted by Crippen LogP contribution is 2.38. The molecule has 0 saturated carbocycles. The number of ether oxygens (including phenoxy) is 2. The molecule has 2 amide bonds. The van der Waals surface area contributed by atoms with Crippen molar-refractivity contribution in [2.24, 2.45) is 7.05 Å². The number of amides is 2. The molecule has 0 atom stereocenters. The standard InChI is InChI=1S/C25H30N4O4/c1-27-23(18-7-11-21(33-4)12-8-18)22(17-5-9-20(32-3)10-6-17)26-24(27)19-13-15-29(16-14-19)25(30)28(2)31/h5-12,19,31H,13-16H2,1-4H3. The van der Waals surface area contributed by atoms with Gasteiger partial charge in [-0.3, -0.25) is 5.21 Å². The number of rotatable bonds is 5. The maximum atomic E-state index is 12.1. The first-order valence-corrected chi connectivity index (χ1v) is 11.0. The Morgan fingerprint density at radius 2 is 1.48 bits per heavy atom. The minimum Gasteiger partial charge on any atom is -0.497 e. The Morgan fingerprint density at radius 3 is 1.97 bits per heavy atom. The van der Waals surface area contributed by atoms with E-state index in [-0.39, 0.29) is 11.9 Å². The van der Waals surface area contributed by atoms with Crippen molar-refractivity contribution >= 4 is 6.03 Å². The molecule has 1 aliphatic rings. The largest absolute Gasteiger partial charge is 0.497 e. The third-order valence-corrected chi connectivity index (χ3v) is 6.26. The fourth-order valence-electron chi connectivity index (χ4n) is 4.44. The monoisotopic (exact) mass is 450 g/mol. The minimum atomic E-state index is -0.369. The van der Waals surface area contributed by atoms with Crippen LogP contribution in [0.2, 0.25) is 0 Å². The van der Waals surface area contributed by atoms with Crippen LogP contribution >= 0.6 is 0 Å². The summed E-state index contributed by atoms with van der Waals surface area (Å²) in [5, 5.41) is 10.1. The first kappa shape index (κ1) is 22.7. The average molecular weight is 451 g/mol. The number of hydroxylamine groups is 2. The van der Waals surface area contributed by atoms with Crippen molar-refractivity contribution in [3.63, 3.8) is 0 Å². The highest BCUT2D eigenvalue weighted by Gasteiger charge is 2.29. The normalized spacial score (nSPS) is 14.3. The van der Waals surface area contributed by atoms with Crippen molar-refractivity contribution in [3.05, 3.63) is 54.4 Å². The van der Waals surface area contributed by atoms with E-state index >= 15 is 0 Å². The molecule has 8 nitrogen and oxygen atoms in total. The number of likely N-dealkylation sites (tertiary alicyclic amines) is 1. The predicted molar refractivity (Wildman–Crippen MR) is 126 cm³/mol. The Bertz CT molecular complexity index is 1100. The average Bonchev–Trinajstić information content (AvgIpc) is 3.20. The van der Waals surface area contributed by atoms with Gasteiger partial charge in [0.2, 0.25) is 0 Å². The van der Waals surface area contributed by atoms with Crippen LogP contribution in [-0.2, 0) is 7.05 Å². The van der Waals surface area contributed by atoms with Gasteiger partial charge in [-0.25, -0.2) is 14.8 Å². The molecule has 0 bridgehead atoms. The van der Waals surface area contributed by atoms with E-state index < -0.39 is 0 Å². The topological polar surface area (TPSA) is 80.1 Å². The minimum absolute atomic E-state index is 0.215. The number of carbonyl (C=O) groups excluding carboxylic acids is 1. The molecule has 1 aliphatic heterocycles. The number of nitrogens with zero attached hydrogens (tertiary/aromatic N) is 4. The molecular formula is C25H30N4O4. The summed E-state index contributed by atoms with van der Waals surface area (Å²) in [4.78, 5) is 18.9. The van der Waals surface area contributed by atoms with Gasteiger partial charge in [0.05, 0.1) is 25.6 Å².